The summed E-state index contributed by atoms with van der Waals surface area (Å²) in [6.45, 7) is 7.00. The Morgan fingerprint density at radius 3 is 2.07 bits per heavy atom. The Kier molecular flexibility index (Phi) is 24.2. The molecule has 0 bridgehead atoms. The monoisotopic (exact) mass is 1150 g/mol. The molecule has 0 saturated carbocycles. The minimum absolute atomic E-state index is 0.0587. The summed E-state index contributed by atoms with van der Waals surface area (Å²) >= 11 is 0. The largest absolute Gasteiger partial charge is 0.508 e. The summed E-state index contributed by atoms with van der Waals surface area (Å²) in [5.41, 5.74) is 6.29. The Hall–Kier alpha value is -6.06. The third kappa shape index (κ3) is 17.5. The zero-order valence-electron chi connectivity index (χ0n) is 47.2. The number of benzene rings is 2. The van der Waals surface area contributed by atoms with E-state index in [-0.39, 0.29) is 25.1 Å². The zero-order chi connectivity index (χ0) is 59.9. The highest BCUT2D eigenvalue weighted by molar-refractivity contribution is 6.61. The minimum Gasteiger partial charge on any atom is -0.508 e. The number of aliphatic hydroxyl groups excluding tert-OH is 6. The van der Waals surface area contributed by atoms with Crippen molar-refractivity contribution in [3.8, 4) is 5.75 Å². The van der Waals surface area contributed by atoms with Gasteiger partial charge in [0.15, 0.2) is 12.0 Å². The molecule has 2 aromatic carbocycles. The number of hydrogen-bond donors (Lipinski definition) is 12. The second kappa shape index (κ2) is 30.5. The van der Waals surface area contributed by atoms with E-state index in [1.165, 1.54) is 37.6 Å². The van der Waals surface area contributed by atoms with E-state index in [1.807, 2.05) is 0 Å². The number of unbranched alkanes of at least 4 members (excludes halogenated alkanes) is 5. The summed E-state index contributed by atoms with van der Waals surface area (Å²) < 4.78 is 12.9. The van der Waals surface area contributed by atoms with Gasteiger partial charge >= 0.3 is 7.12 Å². The highest BCUT2D eigenvalue weighted by Gasteiger charge is 2.52. The number of Topliss-reactive ketones (excluding diaryl/α,β-unsaturated/α-hetero) is 1. The van der Waals surface area contributed by atoms with E-state index in [9.17, 15) is 64.5 Å². The molecule has 82 heavy (non-hydrogen) atoms. The average Bonchev–Trinajstić information content (AvgIpc) is 4.23. The lowest BCUT2D eigenvalue weighted by Gasteiger charge is -2.34. The molecule has 7 amide bonds. The molecule has 16 atom stereocenters. The van der Waals surface area contributed by atoms with Gasteiger partial charge in [-0.05, 0) is 61.2 Å². The molecule has 4 aliphatic rings. The van der Waals surface area contributed by atoms with Gasteiger partial charge in [0.2, 0.25) is 41.4 Å². The molecule has 0 aromatic heterocycles. The smallest absolute Gasteiger partial charge is 0.494 e. The molecule has 452 valence electrons. The first-order valence-corrected chi connectivity index (χ1v) is 28.8. The molecule has 0 spiro atoms. The zero-order valence-corrected chi connectivity index (χ0v) is 47.2. The van der Waals surface area contributed by atoms with E-state index in [0.29, 0.717) is 35.7 Å². The van der Waals surface area contributed by atoms with Gasteiger partial charge in [-0.15, -0.1) is 0 Å². The molecule has 4 heterocycles. The van der Waals surface area contributed by atoms with Crippen LogP contribution in [-0.2, 0) is 47.7 Å². The maximum absolute atomic E-state index is 15.2. The van der Waals surface area contributed by atoms with Crippen LogP contribution in [0.3, 0.4) is 0 Å². The Morgan fingerprint density at radius 2 is 1.41 bits per heavy atom. The molecule has 2 unspecified atom stereocenters. The van der Waals surface area contributed by atoms with Crippen LogP contribution < -0.4 is 32.5 Å². The molecule has 4 saturated heterocycles. The van der Waals surface area contributed by atoms with Crippen molar-refractivity contribution < 1.29 is 83.4 Å². The number of ketones is 1. The second-order valence-electron chi connectivity index (χ2n) is 22.8. The number of fused-ring (bicyclic) bond motifs is 2. The summed E-state index contributed by atoms with van der Waals surface area (Å²) in [6.07, 6.45) is -8.57. The lowest BCUT2D eigenvalue weighted by molar-refractivity contribution is -0.149. The summed E-state index contributed by atoms with van der Waals surface area (Å²) in [7, 11) is -1.21. The summed E-state index contributed by atoms with van der Waals surface area (Å²) in [5.74, 6) is -9.03. The van der Waals surface area contributed by atoms with Crippen molar-refractivity contribution in [2.75, 3.05) is 13.1 Å². The molecule has 13 N–H and O–H groups in total. The van der Waals surface area contributed by atoms with Gasteiger partial charge in [0.1, 0.15) is 36.0 Å². The van der Waals surface area contributed by atoms with Gasteiger partial charge in [0.25, 0.3) is 0 Å². The van der Waals surface area contributed by atoms with Crippen molar-refractivity contribution in [3.05, 3.63) is 60.2 Å². The summed E-state index contributed by atoms with van der Waals surface area (Å²) in [5, 5.41) is 87.5. The molecular formula is C57H84BN7O17. The van der Waals surface area contributed by atoms with E-state index >= 15 is 9.59 Å². The normalized spacial score (nSPS) is 29.6. The van der Waals surface area contributed by atoms with Gasteiger partial charge in [-0.2, -0.15) is 0 Å². The highest BCUT2D eigenvalue weighted by Crippen LogP contribution is 2.39. The van der Waals surface area contributed by atoms with Crippen molar-refractivity contribution in [3.63, 3.8) is 0 Å². The molecule has 24 nitrogen and oxygen atoms in total. The standard InChI is InChI=1S/C57H84BN7O17/c1-5-31(2)25-32(3)15-11-8-6-7-9-14-18-46(74)60-39-28-44(72)54(77)63-55(78)49-41(69)23-24-64(49)57(80)48(43(71)29-45(59)73)62-52(75)38(27-42(70)40-26-37(68)30-65(40)56(79)47(33(4)66)61-53(39)76)51-50(34-19-21-36(67)22-20-34)81-58(82-51)35-16-12-10-13-17-35/h10,12-13,16-17,19-22,31-33,37-41,43-44,47-51,54,66-69,71-72,77H,5-9,11,14-15,18,23-30H2,1-4H3,(H2,59,73)(H,60,74)(H,61,76)(H,62,75)(H,63,78)/t31?,32?,33-,37-,38+,39+,40+,41+,43-,44-,47+,48+,49+,50-,51+,54-/m1/s1. The van der Waals surface area contributed by atoms with Gasteiger partial charge in [-0.3, -0.25) is 38.4 Å². The molecule has 0 aliphatic carbocycles. The number of amides is 7. The SMILES string of the molecule is CCC(C)CC(C)CCCCCCCCC(=O)N[C@H]1C[C@@H](O)[C@@H](O)NC(=O)[C@@H]2[C@@H](O)CCN2C(=O)[C@H]([C@H](O)CC(N)=O)NC(=O)[C@H]([C@@H]2OB(c3ccccc3)O[C@@H]2c2ccc(O)cc2)CC(=O)[C@@H]2C[C@@H](O)CN2C(=O)[C@H]([C@@H](C)O)NC1=O. The Labute approximate surface area is 478 Å². The second-order valence-corrected chi connectivity index (χ2v) is 22.8. The van der Waals surface area contributed by atoms with Gasteiger partial charge in [0.05, 0.1) is 55.0 Å². The van der Waals surface area contributed by atoms with Crippen molar-refractivity contribution in [2.45, 2.75) is 203 Å². The molecular weight excluding hydrogens is 1070 g/mol. The molecule has 25 heteroatoms. The fraction of sp³-hybridized carbons (Fsp3) is 0.649. The van der Waals surface area contributed by atoms with Crippen LogP contribution in [0.15, 0.2) is 54.6 Å². The maximum Gasteiger partial charge on any atom is 0.494 e. The summed E-state index contributed by atoms with van der Waals surface area (Å²) in [6, 6.07) is 4.95. The Bertz CT molecular complexity index is 2500. The lowest BCUT2D eigenvalue weighted by Crippen LogP contribution is -2.61. The number of aromatic hydroxyl groups is 1. The van der Waals surface area contributed by atoms with Crippen LogP contribution >= 0.6 is 0 Å². The van der Waals surface area contributed by atoms with Crippen LogP contribution in [0.1, 0.15) is 136 Å². The van der Waals surface area contributed by atoms with Gasteiger partial charge in [-0.1, -0.05) is 108 Å². The summed E-state index contributed by atoms with van der Waals surface area (Å²) in [4.78, 5) is 116. The maximum atomic E-state index is 15.2. The Balaban J connectivity index is 1.34. The predicted molar refractivity (Wildman–Crippen MR) is 296 cm³/mol. The fourth-order valence-electron chi connectivity index (χ4n) is 11.4. The number of nitrogens with one attached hydrogen (secondary N) is 4. The van der Waals surface area contributed by atoms with E-state index in [4.69, 9.17) is 15.0 Å². The number of phenols is 1. The minimum atomic E-state index is -2.25. The predicted octanol–water partition coefficient (Wildman–Crippen LogP) is -0.793. The number of carbonyl (C=O) groups is 8. The van der Waals surface area contributed by atoms with Crippen LogP contribution in [0, 0.1) is 17.8 Å². The number of aliphatic hydroxyl groups is 6. The fourth-order valence-corrected chi connectivity index (χ4v) is 11.4. The van der Waals surface area contributed by atoms with Crippen LogP contribution in [0.5, 0.6) is 5.75 Å². The van der Waals surface area contributed by atoms with E-state index in [0.717, 1.165) is 48.3 Å². The van der Waals surface area contributed by atoms with E-state index < -0.39 is 172 Å². The number of hydrogen-bond acceptors (Lipinski definition) is 17. The topological polar surface area (TPSA) is 377 Å². The van der Waals surface area contributed by atoms with Crippen LogP contribution in [-0.4, -0.2) is 186 Å². The van der Waals surface area contributed by atoms with Crippen molar-refractivity contribution >= 4 is 59.7 Å². The molecule has 4 aliphatic heterocycles. The number of nitrogens with two attached hydrogens (primary N) is 1. The number of carbonyl (C=O) groups excluding carboxylic acids is 8. The molecule has 2 aromatic rings. The first-order chi connectivity index (χ1) is 39.0. The van der Waals surface area contributed by atoms with Crippen LogP contribution in [0.2, 0.25) is 0 Å². The Morgan fingerprint density at radius 1 is 0.768 bits per heavy atom. The van der Waals surface area contributed by atoms with Crippen molar-refractivity contribution in [1.82, 2.24) is 31.1 Å². The quantitative estimate of drug-likeness (QED) is 0.0571. The lowest BCUT2D eigenvalue weighted by atomic mass is 9.79. The molecule has 4 fully saturated rings. The highest BCUT2D eigenvalue weighted by atomic mass is 16.7. The average molecular weight is 1150 g/mol. The number of phenolic OH excluding ortho intramolecular Hbond substituents is 1. The van der Waals surface area contributed by atoms with Gasteiger partial charge < -0.3 is 81.9 Å². The molecule has 6 rings (SSSR count). The first-order valence-electron chi connectivity index (χ1n) is 28.8. The van der Waals surface area contributed by atoms with E-state index in [1.54, 1.807) is 30.3 Å². The van der Waals surface area contributed by atoms with Gasteiger partial charge in [0, 0.05) is 38.8 Å². The third-order valence-electron chi connectivity index (χ3n) is 16.2. The molecule has 0 radical (unpaired) electrons. The number of nitrogens with zero attached hydrogens (tertiary/aromatic N) is 2. The van der Waals surface area contributed by atoms with E-state index in [2.05, 4.69) is 42.0 Å². The first kappa shape index (κ1) is 65.1. The van der Waals surface area contributed by atoms with Crippen LogP contribution in [0.4, 0.5) is 0 Å². The third-order valence-corrected chi connectivity index (χ3v) is 16.2. The number of primary amides is 1. The van der Waals surface area contributed by atoms with Crippen molar-refractivity contribution in [1.29, 1.82) is 0 Å². The number of rotatable bonds is 20. The van der Waals surface area contributed by atoms with Gasteiger partial charge in [-0.25, -0.2) is 0 Å². The van der Waals surface area contributed by atoms with Crippen LogP contribution in [0.25, 0.3) is 0 Å². The van der Waals surface area contributed by atoms with Crippen molar-refractivity contribution in [2.24, 2.45) is 23.5 Å².